The molecule has 19 heavy (non-hydrogen) atoms. The topological polar surface area (TPSA) is 81.4 Å². The Morgan fingerprint density at radius 3 is 2.53 bits per heavy atom. The molecule has 0 bridgehead atoms. The summed E-state index contributed by atoms with van der Waals surface area (Å²) in [5, 5.41) is 0. The van der Waals surface area contributed by atoms with Crippen molar-refractivity contribution in [2.75, 3.05) is 12.8 Å². The van der Waals surface area contributed by atoms with Gasteiger partial charge < -0.3 is 10.5 Å². The van der Waals surface area contributed by atoms with Crippen LogP contribution in [0.25, 0.3) is 0 Å². The van der Waals surface area contributed by atoms with Crippen LogP contribution in [0, 0.1) is 0 Å². The molecule has 1 aliphatic carbocycles. The van der Waals surface area contributed by atoms with Crippen LogP contribution in [0.15, 0.2) is 23.1 Å². The van der Waals surface area contributed by atoms with Crippen LogP contribution in [0.1, 0.15) is 32.1 Å². The molecule has 0 heterocycles. The molecular formula is C13H20N2O3S. The van der Waals surface area contributed by atoms with Crippen LogP contribution in [-0.4, -0.2) is 21.6 Å². The zero-order valence-electron chi connectivity index (χ0n) is 11.1. The molecule has 106 valence electrons. The summed E-state index contributed by atoms with van der Waals surface area (Å²) >= 11 is 0. The van der Waals surface area contributed by atoms with Gasteiger partial charge in [0.15, 0.2) is 0 Å². The normalized spacial score (nSPS) is 17.3. The van der Waals surface area contributed by atoms with Gasteiger partial charge in [-0.2, -0.15) is 0 Å². The Balaban J connectivity index is 2.14. The van der Waals surface area contributed by atoms with E-state index < -0.39 is 10.0 Å². The second kappa shape index (κ2) is 5.79. The van der Waals surface area contributed by atoms with E-state index in [2.05, 4.69) is 4.72 Å². The number of rotatable bonds is 4. The summed E-state index contributed by atoms with van der Waals surface area (Å²) in [7, 11) is -2.15. The van der Waals surface area contributed by atoms with Crippen molar-refractivity contribution >= 4 is 15.7 Å². The number of ether oxygens (including phenoxy) is 1. The Kier molecular flexibility index (Phi) is 4.31. The molecule has 1 aromatic carbocycles. The van der Waals surface area contributed by atoms with Gasteiger partial charge in [-0.3, -0.25) is 0 Å². The lowest BCUT2D eigenvalue weighted by atomic mass is 9.98. The first-order valence-electron chi connectivity index (χ1n) is 6.52. The second-order valence-electron chi connectivity index (χ2n) is 4.79. The van der Waals surface area contributed by atoms with Gasteiger partial charge in [0.25, 0.3) is 0 Å². The van der Waals surface area contributed by atoms with Crippen molar-refractivity contribution in [2.24, 2.45) is 0 Å². The Morgan fingerprint density at radius 2 is 1.95 bits per heavy atom. The minimum Gasteiger partial charge on any atom is -0.490 e. The molecule has 5 nitrogen and oxygen atoms in total. The largest absolute Gasteiger partial charge is 0.490 e. The van der Waals surface area contributed by atoms with E-state index in [1.54, 1.807) is 12.1 Å². The molecule has 1 fully saturated rings. The lowest BCUT2D eigenvalue weighted by molar-refractivity contribution is 0.155. The smallest absolute Gasteiger partial charge is 0.242 e. The average molecular weight is 284 g/mol. The SMILES string of the molecule is CNS(=O)(=O)c1ccc(OC2CCCCC2)cc1N. The summed E-state index contributed by atoms with van der Waals surface area (Å²) in [6, 6.07) is 4.73. The molecule has 0 radical (unpaired) electrons. The standard InChI is InChI=1S/C13H20N2O3S/c1-15-19(16,17)13-8-7-11(9-12(13)14)18-10-5-3-2-4-6-10/h7-10,15H,2-6,14H2,1H3. The van der Waals surface area contributed by atoms with Crippen LogP contribution in [0.2, 0.25) is 0 Å². The van der Waals surface area contributed by atoms with E-state index >= 15 is 0 Å². The minimum absolute atomic E-state index is 0.0889. The number of benzene rings is 1. The fourth-order valence-corrected chi connectivity index (χ4v) is 3.17. The molecule has 0 spiro atoms. The first kappa shape index (κ1) is 14.1. The van der Waals surface area contributed by atoms with Crippen LogP contribution < -0.4 is 15.2 Å². The molecule has 3 N–H and O–H groups in total. The molecule has 0 aliphatic heterocycles. The van der Waals surface area contributed by atoms with Gasteiger partial charge in [-0.1, -0.05) is 6.42 Å². The van der Waals surface area contributed by atoms with Crippen LogP contribution in [0.5, 0.6) is 5.75 Å². The Hall–Kier alpha value is -1.27. The van der Waals surface area contributed by atoms with Gasteiger partial charge in [-0.05, 0) is 44.9 Å². The predicted octanol–water partition coefficient (Wildman–Crippen LogP) is 1.89. The fraction of sp³-hybridized carbons (Fsp3) is 0.538. The van der Waals surface area contributed by atoms with Gasteiger partial charge in [0.1, 0.15) is 10.6 Å². The lowest BCUT2D eigenvalue weighted by Crippen LogP contribution is -2.21. The van der Waals surface area contributed by atoms with Crippen molar-refractivity contribution in [2.45, 2.75) is 43.1 Å². The van der Waals surface area contributed by atoms with E-state index in [-0.39, 0.29) is 16.7 Å². The highest BCUT2D eigenvalue weighted by molar-refractivity contribution is 7.89. The maximum absolute atomic E-state index is 11.7. The molecule has 0 amide bonds. The highest BCUT2D eigenvalue weighted by Gasteiger charge is 2.18. The molecule has 6 heteroatoms. The van der Waals surface area contributed by atoms with Crippen molar-refractivity contribution in [3.8, 4) is 5.75 Å². The summed E-state index contributed by atoms with van der Waals surface area (Å²) < 4.78 is 31.5. The molecule has 0 saturated heterocycles. The third-order valence-corrected chi connectivity index (χ3v) is 4.88. The summed E-state index contributed by atoms with van der Waals surface area (Å²) in [4.78, 5) is 0.0889. The summed E-state index contributed by atoms with van der Waals surface area (Å²) in [5.74, 6) is 0.638. The maximum Gasteiger partial charge on any atom is 0.242 e. The molecule has 1 saturated carbocycles. The molecule has 2 rings (SSSR count). The molecule has 0 aromatic heterocycles. The number of nitrogens with two attached hydrogens (primary N) is 1. The van der Waals surface area contributed by atoms with Crippen molar-refractivity contribution in [1.82, 2.24) is 4.72 Å². The van der Waals surface area contributed by atoms with Gasteiger partial charge in [0.05, 0.1) is 11.8 Å². The third-order valence-electron chi connectivity index (χ3n) is 3.39. The molecule has 0 atom stereocenters. The van der Waals surface area contributed by atoms with Crippen LogP contribution in [-0.2, 0) is 10.0 Å². The number of hydrogen-bond acceptors (Lipinski definition) is 4. The summed E-state index contributed by atoms with van der Waals surface area (Å²) in [6.07, 6.45) is 5.97. The number of anilines is 1. The van der Waals surface area contributed by atoms with E-state index in [0.717, 1.165) is 12.8 Å². The average Bonchev–Trinajstić information content (AvgIpc) is 2.39. The van der Waals surface area contributed by atoms with Crippen molar-refractivity contribution in [1.29, 1.82) is 0 Å². The first-order chi connectivity index (χ1) is 9.03. The van der Waals surface area contributed by atoms with Gasteiger partial charge in [-0.25, -0.2) is 13.1 Å². The quantitative estimate of drug-likeness (QED) is 0.827. The van der Waals surface area contributed by atoms with Crippen molar-refractivity contribution < 1.29 is 13.2 Å². The minimum atomic E-state index is -3.51. The monoisotopic (exact) mass is 284 g/mol. The van der Waals surface area contributed by atoms with Crippen LogP contribution in [0.4, 0.5) is 5.69 Å². The van der Waals surface area contributed by atoms with Crippen LogP contribution in [0.3, 0.4) is 0 Å². The lowest BCUT2D eigenvalue weighted by Gasteiger charge is -2.23. The van der Waals surface area contributed by atoms with E-state index in [4.69, 9.17) is 10.5 Å². The zero-order chi connectivity index (χ0) is 13.9. The van der Waals surface area contributed by atoms with Gasteiger partial charge in [-0.15, -0.1) is 0 Å². The number of hydrogen-bond donors (Lipinski definition) is 2. The number of nitrogen functional groups attached to an aromatic ring is 1. The second-order valence-corrected chi connectivity index (χ2v) is 6.64. The van der Waals surface area contributed by atoms with Crippen LogP contribution >= 0.6 is 0 Å². The third kappa shape index (κ3) is 3.39. The molecular weight excluding hydrogens is 264 g/mol. The summed E-state index contributed by atoms with van der Waals surface area (Å²) in [6.45, 7) is 0. The van der Waals surface area contributed by atoms with E-state index in [1.807, 2.05) is 0 Å². The van der Waals surface area contributed by atoms with Gasteiger partial charge >= 0.3 is 0 Å². The Bertz CT molecular complexity index is 537. The predicted molar refractivity (Wildman–Crippen MR) is 74.6 cm³/mol. The number of sulfonamides is 1. The fourth-order valence-electron chi connectivity index (χ4n) is 2.33. The zero-order valence-corrected chi connectivity index (χ0v) is 11.9. The van der Waals surface area contributed by atoms with Gasteiger partial charge in [0, 0.05) is 6.07 Å². The highest BCUT2D eigenvalue weighted by atomic mass is 32.2. The maximum atomic E-state index is 11.7. The summed E-state index contributed by atoms with van der Waals surface area (Å²) in [5.41, 5.74) is 6.00. The highest BCUT2D eigenvalue weighted by Crippen LogP contribution is 2.27. The molecule has 0 unspecified atom stereocenters. The Morgan fingerprint density at radius 1 is 1.26 bits per heavy atom. The molecule has 1 aliphatic rings. The molecule has 1 aromatic rings. The van der Waals surface area contributed by atoms with Crippen molar-refractivity contribution in [3.63, 3.8) is 0 Å². The van der Waals surface area contributed by atoms with Crippen molar-refractivity contribution in [3.05, 3.63) is 18.2 Å². The van der Waals surface area contributed by atoms with E-state index in [1.165, 1.54) is 32.4 Å². The van der Waals surface area contributed by atoms with E-state index in [0.29, 0.717) is 5.75 Å². The van der Waals surface area contributed by atoms with Gasteiger partial charge in [0.2, 0.25) is 10.0 Å². The van der Waals surface area contributed by atoms with E-state index in [9.17, 15) is 8.42 Å². The first-order valence-corrected chi connectivity index (χ1v) is 8.01. The Labute approximate surface area is 114 Å². The number of nitrogens with one attached hydrogen (secondary N) is 1.